The van der Waals surface area contributed by atoms with Crippen LogP contribution in [0.4, 0.5) is 0 Å². The van der Waals surface area contributed by atoms with Crippen LogP contribution in [0.25, 0.3) is 0 Å². The highest BCUT2D eigenvalue weighted by molar-refractivity contribution is 7.81. The normalized spacial score (nSPS) is 26.8. The summed E-state index contributed by atoms with van der Waals surface area (Å²) in [5.74, 6) is -0.359. The molecule has 7 heteroatoms. The fourth-order valence-electron chi connectivity index (χ4n) is 0.740. The average Bonchev–Trinajstić information content (AvgIpc) is 2.36. The van der Waals surface area contributed by atoms with E-state index >= 15 is 0 Å². The third-order valence-corrected chi connectivity index (χ3v) is 1.58. The van der Waals surface area contributed by atoms with Crippen molar-refractivity contribution in [3.63, 3.8) is 0 Å². The van der Waals surface area contributed by atoms with Gasteiger partial charge in [-0.1, -0.05) is 5.22 Å². The highest BCUT2D eigenvalue weighted by atomic mass is 32.1. The quantitative estimate of drug-likeness (QED) is 0.432. The van der Waals surface area contributed by atoms with E-state index in [0.29, 0.717) is 6.61 Å². The van der Waals surface area contributed by atoms with E-state index in [2.05, 4.69) is 33.9 Å². The van der Waals surface area contributed by atoms with E-state index in [-0.39, 0.29) is 12.4 Å². The van der Waals surface area contributed by atoms with Crippen LogP contribution in [-0.2, 0) is 9.53 Å². The van der Waals surface area contributed by atoms with Crippen LogP contribution in [-0.4, -0.2) is 17.6 Å². The molecule has 6 nitrogen and oxygen atoms in total. The highest BCUT2D eigenvalue weighted by Crippen LogP contribution is 2.20. The molecule has 1 atom stereocenters. The van der Waals surface area contributed by atoms with E-state index in [1.165, 1.54) is 0 Å². The van der Waals surface area contributed by atoms with Crippen LogP contribution < -0.4 is 11.0 Å². The van der Waals surface area contributed by atoms with Gasteiger partial charge in [-0.2, -0.15) is 5.43 Å². The zero-order valence-corrected chi connectivity index (χ0v) is 7.47. The molecule has 0 amide bonds. The summed E-state index contributed by atoms with van der Waals surface area (Å²) in [6, 6.07) is 0. The van der Waals surface area contributed by atoms with Gasteiger partial charge in [0, 0.05) is 0 Å². The Morgan fingerprint density at radius 3 is 3.00 bits per heavy atom. The predicted molar refractivity (Wildman–Crippen MR) is 44.1 cm³/mol. The number of hydrogen-bond donors (Lipinski definition) is 3. The summed E-state index contributed by atoms with van der Waals surface area (Å²) in [6.45, 7) is 2.10. The van der Waals surface area contributed by atoms with Gasteiger partial charge in [-0.15, -0.1) is 17.7 Å². The molecule has 0 aromatic carbocycles. The van der Waals surface area contributed by atoms with E-state index in [0.717, 1.165) is 0 Å². The first-order chi connectivity index (χ1) is 5.66. The minimum Gasteiger partial charge on any atom is -0.466 e. The van der Waals surface area contributed by atoms with Crippen LogP contribution >= 0.6 is 12.6 Å². The zero-order chi connectivity index (χ0) is 9.03. The molecule has 0 aromatic rings. The maximum Gasteiger partial charge on any atom is 0.310 e. The third kappa shape index (κ3) is 2.35. The molecule has 0 radical (unpaired) electrons. The number of nitrogens with zero attached hydrogens (tertiary/aromatic N) is 2. The van der Waals surface area contributed by atoms with Crippen LogP contribution in [0.15, 0.2) is 10.3 Å². The number of hydrazine groups is 1. The predicted octanol–water partition coefficient (Wildman–Crippen LogP) is -0.00180. The molecule has 68 valence electrons. The lowest BCUT2D eigenvalue weighted by atomic mass is 10.3. The summed E-state index contributed by atoms with van der Waals surface area (Å²) < 4.78 is 4.71. The number of carbonyl (C=O) groups is 1. The third-order valence-electron chi connectivity index (χ3n) is 1.22. The van der Waals surface area contributed by atoms with Crippen molar-refractivity contribution >= 4 is 18.6 Å². The molecule has 1 aliphatic heterocycles. The molecular weight excluding hydrogens is 180 g/mol. The number of ether oxygens (including phenoxy) is 1. The van der Waals surface area contributed by atoms with Gasteiger partial charge in [0.05, 0.1) is 13.0 Å². The summed E-state index contributed by atoms with van der Waals surface area (Å²) in [5.41, 5.74) is 4.99. The molecule has 1 heterocycles. The van der Waals surface area contributed by atoms with Gasteiger partial charge in [0.15, 0.2) is 0 Å². The van der Waals surface area contributed by atoms with Gasteiger partial charge < -0.3 is 4.74 Å². The molecule has 0 aliphatic carbocycles. The molecule has 0 saturated heterocycles. The Balaban J connectivity index is 2.39. The van der Waals surface area contributed by atoms with E-state index in [1.54, 1.807) is 6.92 Å². The van der Waals surface area contributed by atoms with E-state index in [4.69, 9.17) is 4.74 Å². The minimum absolute atomic E-state index is 0.0421. The lowest BCUT2D eigenvalue weighted by molar-refractivity contribution is -0.143. The molecular formula is C5H10N4O2S. The van der Waals surface area contributed by atoms with Crippen LogP contribution in [0, 0.1) is 0 Å². The summed E-state index contributed by atoms with van der Waals surface area (Å²) in [4.78, 5) is 10.00. The largest absolute Gasteiger partial charge is 0.466 e. The molecule has 0 bridgehead atoms. The number of thiol groups is 1. The van der Waals surface area contributed by atoms with Crippen molar-refractivity contribution in [2.24, 2.45) is 10.3 Å². The first-order valence-electron chi connectivity index (χ1n) is 3.48. The second-order valence-corrected chi connectivity index (χ2v) is 2.98. The first-order valence-corrected chi connectivity index (χ1v) is 3.93. The maximum absolute atomic E-state index is 11.0. The Bertz CT molecular complexity index is 210. The van der Waals surface area contributed by atoms with Crippen molar-refractivity contribution in [3.8, 4) is 0 Å². The molecule has 1 rings (SSSR count). The zero-order valence-electron chi connectivity index (χ0n) is 6.57. The Morgan fingerprint density at radius 1 is 1.75 bits per heavy atom. The molecule has 2 N–H and O–H groups in total. The first kappa shape index (κ1) is 9.27. The van der Waals surface area contributed by atoms with Crippen molar-refractivity contribution in [3.05, 3.63) is 0 Å². The fraction of sp³-hybridized carbons (Fsp3) is 0.800. The summed E-state index contributed by atoms with van der Waals surface area (Å²) in [5, 5.41) is 7.09. The van der Waals surface area contributed by atoms with E-state index in [9.17, 15) is 4.79 Å². The van der Waals surface area contributed by atoms with Gasteiger partial charge in [-0.3, -0.25) is 4.79 Å². The number of nitrogens with one attached hydrogen (secondary N) is 2. The SMILES string of the molecule is CCOC(=O)CC1(S)N=NNN1. The standard InChI is InChI=1S/C5H10N4O2S/c1-2-11-4(10)3-5(12)6-8-9-7-5/h12H,2-3H2,1H3,(H,6,9)(H,7,8). The Labute approximate surface area is 75.1 Å². The number of carbonyl (C=O) groups excluding carboxylic acids is 1. The number of esters is 1. The van der Waals surface area contributed by atoms with Gasteiger partial charge in [-0.25, -0.2) is 5.53 Å². The summed E-state index contributed by atoms with van der Waals surface area (Å²) >= 11 is 4.08. The van der Waals surface area contributed by atoms with Crippen molar-refractivity contribution in [2.75, 3.05) is 6.61 Å². The van der Waals surface area contributed by atoms with Gasteiger partial charge >= 0.3 is 5.97 Å². The van der Waals surface area contributed by atoms with Crippen molar-refractivity contribution in [1.82, 2.24) is 11.0 Å². The van der Waals surface area contributed by atoms with E-state index in [1.807, 2.05) is 0 Å². The monoisotopic (exact) mass is 190 g/mol. The van der Waals surface area contributed by atoms with Crippen LogP contribution in [0.2, 0.25) is 0 Å². The molecule has 0 fully saturated rings. The summed E-state index contributed by atoms with van der Waals surface area (Å²) in [7, 11) is 0. The number of rotatable bonds is 3. The second kappa shape index (κ2) is 3.72. The molecule has 1 aliphatic rings. The van der Waals surface area contributed by atoms with Crippen LogP contribution in [0.3, 0.4) is 0 Å². The smallest absolute Gasteiger partial charge is 0.310 e. The van der Waals surface area contributed by atoms with Gasteiger partial charge in [-0.05, 0) is 6.92 Å². The molecule has 0 saturated carbocycles. The van der Waals surface area contributed by atoms with E-state index < -0.39 is 4.99 Å². The summed E-state index contributed by atoms with van der Waals surface area (Å²) in [6.07, 6.45) is 0.0421. The Morgan fingerprint density at radius 2 is 2.50 bits per heavy atom. The lowest BCUT2D eigenvalue weighted by Crippen LogP contribution is -2.41. The maximum atomic E-state index is 11.0. The highest BCUT2D eigenvalue weighted by Gasteiger charge is 2.32. The van der Waals surface area contributed by atoms with Gasteiger partial charge in [0.25, 0.3) is 0 Å². The Kier molecular flexibility index (Phi) is 2.88. The minimum atomic E-state index is -0.966. The fourth-order valence-corrected chi connectivity index (χ4v) is 0.964. The Hall–Kier alpha value is -0.820. The van der Waals surface area contributed by atoms with Crippen molar-refractivity contribution < 1.29 is 9.53 Å². The van der Waals surface area contributed by atoms with Crippen molar-refractivity contribution in [2.45, 2.75) is 18.3 Å². The molecule has 0 aromatic heterocycles. The molecule has 1 unspecified atom stereocenters. The van der Waals surface area contributed by atoms with Gasteiger partial charge in [0.1, 0.15) is 0 Å². The molecule has 0 spiro atoms. The topological polar surface area (TPSA) is 75.1 Å². The van der Waals surface area contributed by atoms with Crippen LogP contribution in [0.5, 0.6) is 0 Å². The lowest BCUT2D eigenvalue weighted by Gasteiger charge is -2.15. The molecule has 12 heavy (non-hydrogen) atoms. The second-order valence-electron chi connectivity index (χ2n) is 2.24. The average molecular weight is 190 g/mol. The number of hydrogen-bond acceptors (Lipinski definition) is 7. The van der Waals surface area contributed by atoms with Crippen molar-refractivity contribution in [1.29, 1.82) is 0 Å². The van der Waals surface area contributed by atoms with Gasteiger partial charge in [0.2, 0.25) is 4.99 Å². The van der Waals surface area contributed by atoms with Crippen LogP contribution in [0.1, 0.15) is 13.3 Å².